The zero-order valence-corrected chi connectivity index (χ0v) is 12.9. The van der Waals surface area contributed by atoms with E-state index in [0.717, 1.165) is 24.6 Å². The molecule has 1 aromatic carbocycles. The van der Waals surface area contributed by atoms with E-state index in [2.05, 4.69) is 4.79 Å². The lowest BCUT2D eigenvalue weighted by Crippen LogP contribution is -2.51. The van der Waals surface area contributed by atoms with Gasteiger partial charge in [-0.1, -0.05) is 31.0 Å². The molecule has 23 heavy (non-hydrogen) atoms. The average Bonchev–Trinajstić information content (AvgIpc) is 2.78. The molecule has 0 aromatic heterocycles. The molecule has 6 heteroatoms. The Hall–Kier alpha value is -2.59. The van der Waals surface area contributed by atoms with E-state index in [9.17, 15) is 14.4 Å². The minimum atomic E-state index is -1.03. The van der Waals surface area contributed by atoms with E-state index in [1.807, 2.05) is 12.1 Å². The van der Waals surface area contributed by atoms with Crippen molar-refractivity contribution in [3.63, 3.8) is 0 Å². The van der Waals surface area contributed by atoms with Crippen molar-refractivity contribution in [3.8, 4) is 0 Å². The molecule has 2 atom stereocenters. The first kappa shape index (κ1) is 15.3. The predicted octanol–water partition coefficient (Wildman–Crippen LogP) is 1.88. The number of nitrogens with zero attached hydrogens (tertiary/aromatic N) is 3. The second-order valence-corrected chi connectivity index (χ2v) is 6.09. The maximum atomic E-state index is 13.1. The number of anilines is 1. The third-order valence-corrected chi connectivity index (χ3v) is 4.96. The molecule has 1 aromatic rings. The number of rotatable bonds is 2. The van der Waals surface area contributed by atoms with Crippen molar-refractivity contribution in [1.29, 1.82) is 0 Å². The van der Waals surface area contributed by atoms with Gasteiger partial charge in [0.25, 0.3) is 0 Å². The number of imide groups is 1. The zero-order valence-electron chi connectivity index (χ0n) is 12.9. The van der Waals surface area contributed by atoms with Crippen LogP contribution in [-0.2, 0) is 19.8 Å². The zero-order chi connectivity index (χ0) is 16.6. The van der Waals surface area contributed by atoms with Crippen LogP contribution in [0.1, 0.15) is 38.2 Å². The summed E-state index contributed by atoms with van der Waals surface area (Å²) in [5.74, 6) is -1.67. The highest BCUT2D eigenvalue weighted by Gasteiger charge is 2.59. The van der Waals surface area contributed by atoms with Crippen LogP contribution in [-0.4, -0.2) is 28.6 Å². The van der Waals surface area contributed by atoms with Crippen molar-refractivity contribution in [2.24, 2.45) is 5.92 Å². The molecule has 1 fully saturated rings. The number of ketones is 1. The Balaban J connectivity index is 2.22. The highest BCUT2D eigenvalue weighted by molar-refractivity contribution is 6.30. The molecule has 6 nitrogen and oxygen atoms in total. The maximum Gasteiger partial charge on any atom is 0.323 e. The molecule has 2 aliphatic rings. The van der Waals surface area contributed by atoms with Crippen LogP contribution >= 0.6 is 0 Å². The second kappa shape index (κ2) is 5.56. The van der Waals surface area contributed by atoms with E-state index in [1.165, 1.54) is 11.8 Å². The van der Waals surface area contributed by atoms with E-state index in [1.54, 1.807) is 12.1 Å². The molecule has 1 aliphatic carbocycles. The van der Waals surface area contributed by atoms with Gasteiger partial charge in [0.15, 0.2) is 0 Å². The lowest BCUT2D eigenvalue weighted by molar-refractivity contribution is -0.135. The van der Waals surface area contributed by atoms with Crippen LogP contribution in [0.15, 0.2) is 24.3 Å². The number of amides is 2. The van der Waals surface area contributed by atoms with Crippen molar-refractivity contribution < 1.29 is 19.2 Å². The van der Waals surface area contributed by atoms with Gasteiger partial charge < -0.3 is 5.53 Å². The SMILES string of the molecule is CC(=O)N1C(=O)[C@@]2(CCCC[C@H]2C(=O)C=[N+]=[N-])c2ccccc21. The molecule has 0 unspecified atom stereocenters. The number of hydrogen-bond acceptors (Lipinski definition) is 3. The Morgan fingerprint density at radius 1 is 1.35 bits per heavy atom. The van der Waals surface area contributed by atoms with Crippen LogP contribution in [0.4, 0.5) is 5.69 Å². The number of carbonyl (C=O) groups is 3. The molecule has 118 valence electrons. The molecule has 1 spiro atoms. The highest BCUT2D eigenvalue weighted by atomic mass is 16.2. The van der Waals surface area contributed by atoms with Gasteiger partial charge in [-0.25, -0.2) is 4.90 Å². The summed E-state index contributed by atoms with van der Waals surface area (Å²) in [5.41, 5.74) is 8.96. The van der Waals surface area contributed by atoms with Gasteiger partial charge in [-0.05, 0) is 24.5 Å². The van der Waals surface area contributed by atoms with E-state index in [4.69, 9.17) is 5.53 Å². The van der Waals surface area contributed by atoms with E-state index in [0.29, 0.717) is 18.5 Å². The fourth-order valence-electron chi connectivity index (χ4n) is 4.07. The number of fused-ring (bicyclic) bond motifs is 2. The standard InChI is InChI=1S/C17H17N3O3/c1-11(21)20-14-8-3-2-6-12(14)17(16(20)23)9-5-4-7-13(17)15(22)10-19-18/h2-3,6,8,10,13H,4-5,7,9H2,1H3/t13-,17-/m0/s1. The first-order valence-corrected chi connectivity index (χ1v) is 7.70. The van der Waals surface area contributed by atoms with Crippen LogP contribution in [0, 0.1) is 5.92 Å². The summed E-state index contributed by atoms with van der Waals surface area (Å²) in [6.07, 6.45) is 3.56. The van der Waals surface area contributed by atoms with Gasteiger partial charge in [-0.3, -0.25) is 14.4 Å². The van der Waals surface area contributed by atoms with Crippen molar-refractivity contribution >= 4 is 29.5 Å². The summed E-state index contributed by atoms with van der Waals surface area (Å²) in [4.78, 5) is 41.6. The van der Waals surface area contributed by atoms with Crippen LogP contribution in [0.3, 0.4) is 0 Å². The topological polar surface area (TPSA) is 90.9 Å². The van der Waals surface area contributed by atoms with Crippen molar-refractivity contribution in [1.82, 2.24) is 0 Å². The molecule has 3 rings (SSSR count). The highest BCUT2D eigenvalue weighted by Crippen LogP contribution is 2.53. The fraction of sp³-hybridized carbons (Fsp3) is 0.412. The van der Waals surface area contributed by atoms with Crippen molar-refractivity contribution in [3.05, 3.63) is 35.4 Å². The van der Waals surface area contributed by atoms with Gasteiger partial charge in [0, 0.05) is 12.8 Å². The minimum Gasteiger partial charge on any atom is -0.361 e. The Morgan fingerprint density at radius 2 is 2.09 bits per heavy atom. The predicted molar refractivity (Wildman–Crippen MR) is 82.9 cm³/mol. The van der Waals surface area contributed by atoms with Gasteiger partial charge in [-0.15, -0.1) is 0 Å². The molecule has 0 radical (unpaired) electrons. The van der Waals surface area contributed by atoms with E-state index in [-0.39, 0.29) is 17.6 Å². The summed E-state index contributed by atoms with van der Waals surface area (Å²) < 4.78 is 0. The van der Waals surface area contributed by atoms with Gasteiger partial charge in [0.05, 0.1) is 11.1 Å². The third kappa shape index (κ3) is 2.06. The second-order valence-electron chi connectivity index (χ2n) is 6.09. The van der Waals surface area contributed by atoms with Gasteiger partial charge >= 0.3 is 6.21 Å². The Morgan fingerprint density at radius 3 is 2.78 bits per heavy atom. The number of carbonyl (C=O) groups excluding carboxylic acids is 3. The third-order valence-electron chi connectivity index (χ3n) is 4.96. The van der Waals surface area contributed by atoms with Gasteiger partial charge in [0.1, 0.15) is 0 Å². The summed E-state index contributed by atoms with van der Waals surface area (Å²) in [7, 11) is 0. The molecule has 0 N–H and O–H groups in total. The number of para-hydroxylation sites is 1. The molecule has 0 bridgehead atoms. The number of hydrogen-bond donors (Lipinski definition) is 0. The van der Waals surface area contributed by atoms with E-state index < -0.39 is 11.3 Å². The molecule has 1 saturated carbocycles. The Bertz CT molecular complexity index is 751. The van der Waals surface area contributed by atoms with Gasteiger partial charge in [0.2, 0.25) is 17.6 Å². The molecule has 1 heterocycles. The first-order chi connectivity index (χ1) is 11.0. The van der Waals surface area contributed by atoms with Crippen LogP contribution in [0.2, 0.25) is 0 Å². The van der Waals surface area contributed by atoms with E-state index >= 15 is 0 Å². The normalized spacial score (nSPS) is 25.9. The Labute approximate surface area is 133 Å². The van der Waals surface area contributed by atoms with Crippen LogP contribution in [0.5, 0.6) is 0 Å². The Kier molecular flexibility index (Phi) is 3.70. The largest absolute Gasteiger partial charge is 0.361 e. The monoisotopic (exact) mass is 311 g/mol. The van der Waals surface area contributed by atoms with Gasteiger partial charge in [-0.2, -0.15) is 4.79 Å². The lowest BCUT2D eigenvalue weighted by Gasteiger charge is -2.38. The fourth-order valence-corrected chi connectivity index (χ4v) is 4.07. The number of Topliss-reactive ketones (excluding diaryl/α,β-unsaturated/α-hetero) is 1. The minimum absolute atomic E-state index is 0.337. The summed E-state index contributed by atoms with van der Waals surface area (Å²) in [5, 5.41) is 0. The van der Waals surface area contributed by atoms with Crippen LogP contribution in [0.25, 0.3) is 5.53 Å². The lowest BCUT2D eigenvalue weighted by atomic mass is 9.61. The quantitative estimate of drug-likeness (QED) is 0.474. The molecular weight excluding hydrogens is 294 g/mol. The van der Waals surface area contributed by atoms with Crippen molar-refractivity contribution in [2.75, 3.05) is 4.90 Å². The first-order valence-electron chi connectivity index (χ1n) is 7.70. The number of benzene rings is 1. The molecule has 1 aliphatic heterocycles. The molecule has 0 saturated heterocycles. The van der Waals surface area contributed by atoms with Crippen molar-refractivity contribution in [2.45, 2.75) is 38.0 Å². The molecular formula is C17H17N3O3. The summed E-state index contributed by atoms with van der Waals surface area (Å²) in [6.45, 7) is 1.35. The average molecular weight is 311 g/mol. The summed E-state index contributed by atoms with van der Waals surface area (Å²) >= 11 is 0. The smallest absolute Gasteiger partial charge is 0.323 e. The molecule has 2 amide bonds. The maximum absolute atomic E-state index is 13.1. The van der Waals surface area contributed by atoms with Crippen LogP contribution < -0.4 is 4.90 Å². The summed E-state index contributed by atoms with van der Waals surface area (Å²) in [6, 6.07) is 7.14.